The van der Waals surface area contributed by atoms with Gasteiger partial charge in [0, 0.05) is 0 Å². The molecular weight excluding hydrogens is 201 g/mol. The van der Waals surface area contributed by atoms with Crippen LogP contribution in [0.4, 0.5) is 22.0 Å². The molecule has 0 aromatic carbocycles. The highest BCUT2D eigenvalue weighted by molar-refractivity contribution is 5.76. The summed E-state index contributed by atoms with van der Waals surface area (Å²) < 4.78 is 62.7. The summed E-state index contributed by atoms with van der Waals surface area (Å²) in [6.07, 6.45) is -5.86. The number of methoxy groups -OCH3 is 1. The number of ether oxygens (including phenoxy) is 1. The summed E-state index contributed by atoms with van der Waals surface area (Å²) in [7, 11) is 0.661. The number of alkyl halides is 5. The average Bonchev–Trinajstić information content (AvgIpc) is 1.99. The van der Waals surface area contributed by atoms with Crippen LogP contribution in [0, 0.1) is 0 Å². The summed E-state index contributed by atoms with van der Waals surface area (Å²) in [4.78, 5) is 10.3. The van der Waals surface area contributed by atoms with E-state index in [0.717, 1.165) is 0 Å². The first-order valence-corrected chi connectivity index (χ1v) is 2.92. The van der Waals surface area contributed by atoms with Gasteiger partial charge < -0.3 is 10.5 Å². The van der Waals surface area contributed by atoms with Crippen molar-refractivity contribution in [3.05, 3.63) is 0 Å². The summed E-state index contributed by atoms with van der Waals surface area (Å²) >= 11 is 0. The van der Waals surface area contributed by atoms with Crippen LogP contribution in [-0.2, 0) is 9.53 Å². The van der Waals surface area contributed by atoms with Gasteiger partial charge in [0.15, 0.2) is 6.04 Å². The van der Waals surface area contributed by atoms with E-state index in [1.807, 2.05) is 0 Å². The highest BCUT2D eigenvalue weighted by atomic mass is 19.4. The van der Waals surface area contributed by atoms with Gasteiger partial charge in [-0.1, -0.05) is 0 Å². The third-order valence-electron chi connectivity index (χ3n) is 1.22. The van der Waals surface area contributed by atoms with Gasteiger partial charge in [-0.05, 0) is 0 Å². The van der Waals surface area contributed by atoms with Crippen molar-refractivity contribution in [1.29, 1.82) is 0 Å². The molecule has 13 heavy (non-hydrogen) atoms. The molecule has 0 amide bonds. The Balaban J connectivity index is 4.74. The predicted octanol–water partition coefficient (Wildman–Crippen LogP) is 0.684. The number of esters is 1. The van der Waals surface area contributed by atoms with Gasteiger partial charge in [0.25, 0.3) is 0 Å². The fraction of sp³-hybridized carbons (Fsp3) is 0.800. The highest BCUT2D eigenvalue weighted by Gasteiger charge is 2.64. The van der Waals surface area contributed by atoms with E-state index >= 15 is 0 Å². The Morgan fingerprint density at radius 3 is 1.92 bits per heavy atom. The maximum absolute atomic E-state index is 12.2. The summed E-state index contributed by atoms with van der Waals surface area (Å²) in [5, 5.41) is 0. The van der Waals surface area contributed by atoms with Gasteiger partial charge >= 0.3 is 18.1 Å². The van der Waals surface area contributed by atoms with Crippen molar-refractivity contribution >= 4 is 5.97 Å². The molecule has 0 saturated heterocycles. The molecule has 0 rings (SSSR count). The van der Waals surface area contributed by atoms with Crippen molar-refractivity contribution < 1.29 is 31.5 Å². The van der Waals surface area contributed by atoms with Gasteiger partial charge in [0.2, 0.25) is 0 Å². The molecule has 3 nitrogen and oxygen atoms in total. The lowest BCUT2D eigenvalue weighted by Gasteiger charge is -2.23. The fourth-order valence-corrected chi connectivity index (χ4v) is 0.451. The first-order valence-electron chi connectivity index (χ1n) is 2.92. The van der Waals surface area contributed by atoms with Gasteiger partial charge in [0.05, 0.1) is 7.11 Å². The minimum atomic E-state index is -5.86. The zero-order chi connectivity index (χ0) is 10.9. The molecule has 0 saturated carbocycles. The third kappa shape index (κ3) is 2.27. The molecule has 0 aromatic rings. The van der Waals surface area contributed by atoms with E-state index in [1.165, 1.54) is 0 Å². The van der Waals surface area contributed by atoms with E-state index in [4.69, 9.17) is 0 Å². The van der Waals surface area contributed by atoms with E-state index < -0.39 is 24.1 Å². The number of carbonyl (C=O) groups is 1. The Kier molecular flexibility index (Phi) is 3.20. The fourth-order valence-electron chi connectivity index (χ4n) is 0.451. The van der Waals surface area contributed by atoms with Crippen LogP contribution < -0.4 is 5.73 Å². The van der Waals surface area contributed by atoms with Crippen LogP contribution in [0.1, 0.15) is 0 Å². The summed E-state index contributed by atoms with van der Waals surface area (Å²) in [5.74, 6) is -7.09. The van der Waals surface area contributed by atoms with Crippen molar-refractivity contribution in [3.8, 4) is 0 Å². The molecule has 1 atom stereocenters. The number of hydrogen-bond acceptors (Lipinski definition) is 3. The van der Waals surface area contributed by atoms with E-state index in [1.54, 1.807) is 0 Å². The summed E-state index contributed by atoms with van der Waals surface area (Å²) in [6.45, 7) is 0. The molecule has 8 heteroatoms. The number of carbonyl (C=O) groups excluding carboxylic acids is 1. The average molecular weight is 207 g/mol. The third-order valence-corrected chi connectivity index (χ3v) is 1.22. The molecule has 2 N–H and O–H groups in total. The minimum absolute atomic E-state index is 0.661. The SMILES string of the molecule is COC(=O)C(N)C(F)(F)C(F)(F)F. The van der Waals surface area contributed by atoms with E-state index in [9.17, 15) is 26.7 Å². The first-order chi connectivity index (χ1) is 5.64. The topological polar surface area (TPSA) is 52.3 Å². The van der Waals surface area contributed by atoms with Crippen molar-refractivity contribution in [3.63, 3.8) is 0 Å². The molecule has 0 fully saturated rings. The van der Waals surface area contributed by atoms with Crippen LogP contribution in [0.3, 0.4) is 0 Å². The summed E-state index contributed by atoms with van der Waals surface area (Å²) in [5.41, 5.74) is 4.35. The normalized spacial score (nSPS) is 15.3. The molecule has 78 valence electrons. The molecule has 1 unspecified atom stereocenters. The Labute approximate surface area is 69.6 Å². The Morgan fingerprint density at radius 2 is 1.69 bits per heavy atom. The van der Waals surface area contributed by atoms with Crippen LogP contribution in [0.15, 0.2) is 0 Å². The van der Waals surface area contributed by atoms with Crippen LogP contribution >= 0.6 is 0 Å². The minimum Gasteiger partial charge on any atom is -0.468 e. The van der Waals surface area contributed by atoms with Crippen molar-refractivity contribution in [2.75, 3.05) is 7.11 Å². The van der Waals surface area contributed by atoms with Gasteiger partial charge in [0.1, 0.15) is 0 Å². The zero-order valence-corrected chi connectivity index (χ0v) is 6.36. The summed E-state index contributed by atoms with van der Waals surface area (Å²) in [6, 6.07) is -3.03. The van der Waals surface area contributed by atoms with Crippen molar-refractivity contribution in [1.82, 2.24) is 0 Å². The zero-order valence-electron chi connectivity index (χ0n) is 6.36. The highest BCUT2D eigenvalue weighted by Crippen LogP contribution is 2.37. The largest absolute Gasteiger partial charge is 0.468 e. The van der Waals surface area contributed by atoms with Crippen molar-refractivity contribution in [2.45, 2.75) is 18.1 Å². The second kappa shape index (κ2) is 3.44. The number of halogens is 5. The van der Waals surface area contributed by atoms with E-state index in [2.05, 4.69) is 10.5 Å². The van der Waals surface area contributed by atoms with E-state index in [0.29, 0.717) is 7.11 Å². The molecule has 0 radical (unpaired) electrons. The molecule has 0 heterocycles. The Morgan fingerprint density at radius 1 is 1.31 bits per heavy atom. The van der Waals surface area contributed by atoms with E-state index in [-0.39, 0.29) is 0 Å². The van der Waals surface area contributed by atoms with Gasteiger partial charge in [-0.25, -0.2) is 0 Å². The predicted molar refractivity (Wildman–Crippen MR) is 31.0 cm³/mol. The molecule has 0 aliphatic carbocycles. The van der Waals surface area contributed by atoms with Crippen LogP contribution in [0.25, 0.3) is 0 Å². The quantitative estimate of drug-likeness (QED) is 0.535. The van der Waals surface area contributed by atoms with Gasteiger partial charge in [-0.2, -0.15) is 22.0 Å². The lowest BCUT2D eigenvalue weighted by Crippen LogP contribution is -2.55. The second-order valence-corrected chi connectivity index (χ2v) is 2.12. The molecule has 0 aliphatic heterocycles. The maximum atomic E-state index is 12.2. The second-order valence-electron chi connectivity index (χ2n) is 2.12. The molecule has 0 aromatic heterocycles. The first kappa shape index (κ1) is 12.1. The number of hydrogen-bond donors (Lipinski definition) is 1. The lowest BCUT2D eigenvalue weighted by atomic mass is 10.1. The molecular formula is C5H6F5NO2. The van der Waals surface area contributed by atoms with Crippen molar-refractivity contribution in [2.24, 2.45) is 5.73 Å². The smallest absolute Gasteiger partial charge is 0.455 e. The van der Waals surface area contributed by atoms with Gasteiger partial charge in [-0.15, -0.1) is 0 Å². The van der Waals surface area contributed by atoms with Gasteiger partial charge in [-0.3, -0.25) is 4.79 Å². The van der Waals surface area contributed by atoms with Crippen LogP contribution in [0.5, 0.6) is 0 Å². The standard InChI is InChI=1S/C5H6F5NO2/c1-13-3(12)2(11)4(6,7)5(8,9)10/h2H,11H2,1H3. The lowest BCUT2D eigenvalue weighted by molar-refractivity contribution is -0.288. The molecule has 0 spiro atoms. The molecule has 0 aliphatic rings. The van der Waals surface area contributed by atoms with Crippen LogP contribution in [0.2, 0.25) is 0 Å². The number of nitrogens with two attached hydrogens (primary N) is 1. The Hall–Kier alpha value is -0.920. The Bertz CT molecular complexity index is 202. The number of rotatable bonds is 2. The van der Waals surface area contributed by atoms with Crippen LogP contribution in [-0.4, -0.2) is 31.2 Å². The molecule has 0 bridgehead atoms. The monoisotopic (exact) mass is 207 g/mol. The maximum Gasteiger partial charge on any atom is 0.455 e.